The van der Waals surface area contributed by atoms with Gasteiger partial charge in [0.25, 0.3) is 5.91 Å². The van der Waals surface area contributed by atoms with E-state index in [9.17, 15) is 4.79 Å². The second kappa shape index (κ2) is 7.59. The van der Waals surface area contributed by atoms with Gasteiger partial charge in [0.15, 0.2) is 0 Å². The standard InChI is InChI=1S/C20H21N7O/c1-3-13(2)18(19-22-16-6-4-5-7-17(16)23-19)24-20(28)14-8-10-15(11-9-14)27-12-21-25-26-27/h4-13,18H,3H2,1-2H3,(H,22,23)(H,24,28). The normalized spacial score (nSPS) is 13.4. The first-order chi connectivity index (χ1) is 13.7. The Morgan fingerprint density at radius 3 is 2.64 bits per heavy atom. The molecule has 1 amide bonds. The molecule has 0 aliphatic rings. The highest BCUT2D eigenvalue weighted by molar-refractivity contribution is 5.94. The molecular weight excluding hydrogens is 354 g/mol. The van der Waals surface area contributed by atoms with E-state index >= 15 is 0 Å². The Morgan fingerprint density at radius 1 is 1.18 bits per heavy atom. The number of H-pyrrole nitrogens is 1. The summed E-state index contributed by atoms with van der Waals surface area (Å²) in [7, 11) is 0. The maximum atomic E-state index is 12.9. The number of carbonyl (C=O) groups excluding carboxylic acids is 1. The van der Waals surface area contributed by atoms with Crippen LogP contribution in [0.1, 0.15) is 42.5 Å². The molecule has 4 aromatic rings. The van der Waals surface area contributed by atoms with Crippen LogP contribution in [0, 0.1) is 5.92 Å². The fourth-order valence-electron chi connectivity index (χ4n) is 3.11. The molecule has 8 heteroatoms. The minimum absolute atomic E-state index is 0.144. The monoisotopic (exact) mass is 375 g/mol. The summed E-state index contributed by atoms with van der Waals surface area (Å²) in [6, 6.07) is 14.8. The summed E-state index contributed by atoms with van der Waals surface area (Å²) in [6.45, 7) is 4.21. The van der Waals surface area contributed by atoms with Gasteiger partial charge in [-0.1, -0.05) is 32.4 Å². The van der Waals surface area contributed by atoms with Crippen molar-refractivity contribution < 1.29 is 4.79 Å². The Balaban J connectivity index is 1.57. The van der Waals surface area contributed by atoms with Gasteiger partial charge >= 0.3 is 0 Å². The van der Waals surface area contributed by atoms with Gasteiger partial charge in [0, 0.05) is 5.56 Å². The number of aromatic nitrogens is 6. The Bertz CT molecular complexity index is 1040. The SMILES string of the molecule is CCC(C)C(NC(=O)c1ccc(-n2cnnn2)cc1)c1nc2ccccc2[nH]1. The quantitative estimate of drug-likeness (QED) is 0.539. The molecule has 2 N–H and O–H groups in total. The number of para-hydroxylation sites is 2. The fraction of sp³-hybridized carbons (Fsp3) is 0.250. The van der Waals surface area contributed by atoms with Crippen LogP contribution in [0.15, 0.2) is 54.9 Å². The van der Waals surface area contributed by atoms with E-state index in [-0.39, 0.29) is 17.9 Å². The van der Waals surface area contributed by atoms with Gasteiger partial charge in [0.05, 0.1) is 22.8 Å². The third-order valence-corrected chi connectivity index (χ3v) is 4.94. The first-order valence-corrected chi connectivity index (χ1v) is 9.24. The fourth-order valence-corrected chi connectivity index (χ4v) is 3.11. The average molecular weight is 375 g/mol. The highest BCUT2D eigenvalue weighted by atomic mass is 16.1. The van der Waals surface area contributed by atoms with Gasteiger partial charge in [-0.2, -0.15) is 0 Å². The molecule has 0 bridgehead atoms. The molecule has 4 rings (SSSR count). The van der Waals surface area contributed by atoms with Crippen LogP contribution in [0.3, 0.4) is 0 Å². The van der Waals surface area contributed by atoms with Crippen LogP contribution in [-0.4, -0.2) is 36.1 Å². The van der Waals surface area contributed by atoms with Gasteiger partial charge in [-0.3, -0.25) is 4.79 Å². The van der Waals surface area contributed by atoms with Crippen molar-refractivity contribution in [2.45, 2.75) is 26.3 Å². The summed E-state index contributed by atoms with van der Waals surface area (Å²) in [5, 5.41) is 14.2. The summed E-state index contributed by atoms with van der Waals surface area (Å²) in [5.74, 6) is 0.855. The molecule has 0 saturated heterocycles. The number of fused-ring (bicyclic) bond motifs is 1. The number of amides is 1. The molecule has 2 unspecified atom stereocenters. The first-order valence-electron chi connectivity index (χ1n) is 9.24. The molecule has 0 aliphatic heterocycles. The molecule has 142 valence electrons. The molecule has 2 atom stereocenters. The lowest BCUT2D eigenvalue weighted by Gasteiger charge is -2.22. The Morgan fingerprint density at radius 2 is 1.96 bits per heavy atom. The van der Waals surface area contributed by atoms with Crippen molar-refractivity contribution in [1.29, 1.82) is 0 Å². The number of aromatic amines is 1. The van der Waals surface area contributed by atoms with Crippen molar-refractivity contribution in [3.63, 3.8) is 0 Å². The molecule has 2 aromatic heterocycles. The summed E-state index contributed by atoms with van der Waals surface area (Å²) < 4.78 is 1.54. The minimum atomic E-state index is -0.205. The van der Waals surface area contributed by atoms with Crippen LogP contribution in [-0.2, 0) is 0 Å². The van der Waals surface area contributed by atoms with Crippen molar-refractivity contribution in [2.24, 2.45) is 5.92 Å². The molecule has 0 spiro atoms. The predicted molar refractivity (Wildman–Crippen MR) is 105 cm³/mol. The zero-order chi connectivity index (χ0) is 19.5. The second-order valence-electron chi connectivity index (χ2n) is 6.78. The van der Waals surface area contributed by atoms with Gasteiger partial charge in [0.2, 0.25) is 0 Å². The maximum absolute atomic E-state index is 12.9. The molecule has 0 radical (unpaired) electrons. The zero-order valence-corrected chi connectivity index (χ0v) is 15.7. The molecule has 2 aromatic carbocycles. The number of nitrogens with zero attached hydrogens (tertiary/aromatic N) is 5. The molecule has 28 heavy (non-hydrogen) atoms. The van der Waals surface area contributed by atoms with Crippen LogP contribution in [0.4, 0.5) is 0 Å². The van der Waals surface area contributed by atoms with E-state index < -0.39 is 0 Å². The van der Waals surface area contributed by atoms with Gasteiger partial charge in [-0.15, -0.1) is 5.10 Å². The highest BCUT2D eigenvalue weighted by Gasteiger charge is 2.24. The van der Waals surface area contributed by atoms with Crippen molar-refractivity contribution in [1.82, 2.24) is 35.5 Å². The number of carbonyl (C=O) groups is 1. The van der Waals surface area contributed by atoms with E-state index in [1.54, 1.807) is 12.1 Å². The van der Waals surface area contributed by atoms with Gasteiger partial charge in [-0.25, -0.2) is 9.67 Å². The van der Waals surface area contributed by atoms with Crippen LogP contribution in [0.25, 0.3) is 16.7 Å². The molecule has 8 nitrogen and oxygen atoms in total. The lowest BCUT2D eigenvalue weighted by molar-refractivity contribution is 0.0920. The average Bonchev–Trinajstić information content (AvgIpc) is 3.41. The zero-order valence-electron chi connectivity index (χ0n) is 15.7. The van der Waals surface area contributed by atoms with Crippen molar-refractivity contribution in [3.05, 3.63) is 66.2 Å². The van der Waals surface area contributed by atoms with Crippen molar-refractivity contribution >= 4 is 16.9 Å². The van der Waals surface area contributed by atoms with Gasteiger partial charge < -0.3 is 10.3 Å². The van der Waals surface area contributed by atoms with E-state index in [1.807, 2.05) is 36.4 Å². The number of tetrazole rings is 1. The molecule has 2 heterocycles. The molecular formula is C20H21N7O. The number of hydrogen-bond donors (Lipinski definition) is 2. The Labute approximate surface area is 162 Å². The lowest BCUT2D eigenvalue weighted by atomic mass is 9.98. The number of rotatable bonds is 6. The summed E-state index contributed by atoms with van der Waals surface area (Å²) in [5.41, 5.74) is 3.22. The lowest BCUT2D eigenvalue weighted by Crippen LogP contribution is -2.33. The van der Waals surface area contributed by atoms with Crippen LogP contribution in [0.2, 0.25) is 0 Å². The van der Waals surface area contributed by atoms with E-state index in [0.717, 1.165) is 29.0 Å². The van der Waals surface area contributed by atoms with E-state index in [4.69, 9.17) is 0 Å². The number of imidazole rings is 1. The minimum Gasteiger partial charge on any atom is -0.342 e. The third kappa shape index (κ3) is 3.48. The first kappa shape index (κ1) is 17.8. The smallest absolute Gasteiger partial charge is 0.251 e. The predicted octanol–water partition coefficient (Wildman–Crippen LogP) is 3.06. The number of nitrogens with one attached hydrogen (secondary N) is 2. The Kier molecular flexibility index (Phi) is 4.84. The molecule has 0 fully saturated rings. The third-order valence-electron chi connectivity index (χ3n) is 4.94. The molecule has 0 aliphatic carbocycles. The number of benzene rings is 2. The largest absolute Gasteiger partial charge is 0.342 e. The van der Waals surface area contributed by atoms with E-state index in [1.165, 1.54) is 11.0 Å². The van der Waals surface area contributed by atoms with Gasteiger partial charge in [0.1, 0.15) is 12.2 Å². The van der Waals surface area contributed by atoms with Crippen LogP contribution < -0.4 is 5.32 Å². The Hall–Kier alpha value is -3.55. The highest BCUT2D eigenvalue weighted by Crippen LogP contribution is 2.25. The molecule has 0 saturated carbocycles. The van der Waals surface area contributed by atoms with Crippen LogP contribution >= 0.6 is 0 Å². The van der Waals surface area contributed by atoms with Crippen molar-refractivity contribution in [2.75, 3.05) is 0 Å². The number of hydrogen-bond acceptors (Lipinski definition) is 5. The summed E-state index contributed by atoms with van der Waals surface area (Å²) in [4.78, 5) is 20.9. The van der Waals surface area contributed by atoms with Crippen molar-refractivity contribution in [3.8, 4) is 5.69 Å². The van der Waals surface area contributed by atoms with E-state index in [0.29, 0.717) is 5.56 Å². The maximum Gasteiger partial charge on any atom is 0.251 e. The second-order valence-corrected chi connectivity index (χ2v) is 6.78. The van der Waals surface area contributed by atoms with Crippen LogP contribution in [0.5, 0.6) is 0 Å². The summed E-state index contributed by atoms with van der Waals surface area (Å²) >= 11 is 0. The topological polar surface area (TPSA) is 101 Å². The summed E-state index contributed by atoms with van der Waals surface area (Å²) in [6.07, 6.45) is 2.43. The van der Waals surface area contributed by atoms with E-state index in [2.05, 4.69) is 44.7 Å². The van der Waals surface area contributed by atoms with Gasteiger partial charge in [-0.05, 0) is 52.7 Å².